The first kappa shape index (κ1) is 15.9. The minimum atomic E-state index is -3.79. The van der Waals surface area contributed by atoms with Crippen LogP contribution in [0, 0.1) is 13.8 Å². The number of aliphatic hydroxyl groups is 1. The number of aryl methyl sites for hydroxylation is 2. The highest BCUT2D eigenvalue weighted by atomic mass is 32.2. The van der Waals surface area contributed by atoms with Gasteiger partial charge in [-0.1, -0.05) is 6.07 Å². The van der Waals surface area contributed by atoms with Crippen molar-refractivity contribution in [1.29, 1.82) is 0 Å². The normalized spacial score (nSPS) is 20.4. The van der Waals surface area contributed by atoms with Crippen molar-refractivity contribution >= 4 is 16.0 Å². The summed E-state index contributed by atoms with van der Waals surface area (Å²) in [5.41, 5.74) is 1.02. The van der Waals surface area contributed by atoms with Gasteiger partial charge in [0.1, 0.15) is 0 Å². The Labute approximate surface area is 124 Å². The van der Waals surface area contributed by atoms with Gasteiger partial charge in [-0.05, 0) is 43.9 Å². The summed E-state index contributed by atoms with van der Waals surface area (Å²) in [6, 6.07) is 2.78. The van der Waals surface area contributed by atoms with Gasteiger partial charge in [0.15, 0.2) is 0 Å². The smallest absolute Gasteiger partial charge is 0.335 e. The van der Waals surface area contributed by atoms with Gasteiger partial charge >= 0.3 is 5.97 Å². The molecule has 0 spiro atoms. The molecule has 1 aliphatic rings. The van der Waals surface area contributed by atoms with Crippen LogP contribution in [-0.4, -0.2) is 48.1 Å². The van der Waals surface area contributed by atoms with E-state index >= 15 is 0 Å². The molecule has 1 aromatic rings. The summed E-state index contributed by atoms with van der Waals surface area (Å²) in [5.74, 6) is -1.15. The lowest BCUT2D eigenvalue weighted by molar-refractivity contribution is 0.0695. The third-order valence-corrected chi connectivity index (χ3v) is 5.74. The van der Waals surface area contributed by atoms with Crippen LogP contribution in [0.25, 0.3) is 0 Å². The Kier molecular flexibility index (Phi) is 4.36. The zero-order chi connectivity index (χ0) is 15.8. The number of carbonyl (C=O) groups is 1. The van der Waals surface area contributed by atoms with Crippen LogP contribution < -0.4 is 0 Å². The molecule has 2 rings (SSSR count). The molecule has 0 radical (unpaired) electrons. The maximum atomic E-state index is 12.7. The third-order valence-electron chi connectivity index (χ3n) is 3.73. The van der Waals surface area contributed by atoms with E-state index < -0.39 is 22.1 Å². The number of β-amino-alcohol motifs (C(OH)–C–C–N with tert-alkyl or cyclic N) is 1. The highest BCUT2D eigenvalue weighted by molar-refractivity contribution is 7.89. The molecule has 6 nitrogen and oxygen atoms in total. The van der Waals surface area contributed by atoms with Crippen LogP contribution in [0.2, 0.25) is 0 Å². The standard InChI is InChI=1S/C14H19NO5S/c1-9-6-10(2)13(7-12(9)14(17)18)21(19,20)15-5-3-4-11(16)8-15/h6-7,11,16H,3-5,8H2,1-2H3,(H,17,18). The Bertz CT molecular complexity index is 668. The Morgan fingerprint density at radius 1 is 1.29 bits per heavy atom. The summed E-state index contributed by atoms with van der Waals surface area (Å²) in [6.45, 7) is 3.68. The summed E-state index contributed by atoms with van der Waals surface area (Å²) in [6.07, 6.45) is 0.509. The van der Waals surface area contributed by atoms with Crippen LogP contribution in [0.15, 0.2) is 17.0 Å². The summed E-state index contributed by atoms with van der Waals surface area (Å²) in [4.78, 5) is 11.2. The molecule has 0 saturated carbocycles. The van der Waals surface area contributed by atoms with Crippen molar-refractivity contribution in [3.63, 3.8) is 0 Å². The highest BCUT2D eigenvalue weighted by Gasteiger charge is 2.31. The van der Waals surface area contributed by atoms with Gasteiger partial charge in [-0.15, -0.1) is 0 Å². The topological polar surface area (TPSA) is 94.9 Å². The van der Waals surface area contributed by atoms with E-state index in [-0.39, 0.29) is 17.0 Å². The molecule has 1 fully saturated rings. The molecule has 1 heterocycles. The minimum Gasteiger partial charge on any atom is -0.478 e. The molecule has 1 unspecified atom stereocenters. The SMILES string of the molecule is Cc1cc(C)c(S(=O)(=O)N2CCCC(O)C2)cc1C(=O)O. The lowest BCUT2D eigenvalue weighted by atomic mass is 10.1. The highest BCUT2D eigenvalue weighted by Crippen LogP contribution is 2.26. The van der Waals surface area contributed by atoms with Crippen molar-refractivity contribution < 1.29 is 23.4 Å². The largest absolute Gasteiger partial charge is 0.478 e. The Hall–Kier alpha value is -1.44. The molecular formula is C14H19NO5S. The summed E-state index contributed by atoms with van der Waals surface area (Å²) < 4.78 is 26.5. The molecule has 7 heteroatoms. The van der Waals surface area contributed by atoms with Crippen molar-refractivity contribution in [2.75, 3.05) is 13.1 Å². The average Bonchev–Trinajstić information content (AvgIpc) is 2.37. The maximum absolute atomic E-state index is 12.7. The number of nitrogens with zero attached hydrogens (tertiary/aromatic N) is 1. The van der Waals surface area contributed by atoms with Gasteiger partial charge in [-0.2, -0.15) is 4.31 Å². The molecule has 2 N–H and O–H groups in total. The number of aliphatic hydroxyl groups excluding tert-OH is 1. The predicted octanol–water partition coefficient (Wildman–Crippen LogP) is 1.15. The van der Waals surface area contributed by atoms with Crippen LogP contribution in [0.5, 0.6) is 0 Å². The second kappa shape index (κ2) is 5.75. The zero-order valence-electron chi connectivity index (χ0n) is 12.0. The fourth-order valence-electron chi connectivity index (χ4n) is 2.62. The average molecular weight is 313 g/mol. The first-order chi connectivity index (χ1) is 9.73. The molecular weight excluding hydrogens is 294 g/mol. The Morgan fingerprint density at radius 2 is 1.95 bits per heavy atom. The lowest BCUT2D eigenvalue weighted by Crippen LogP contribution is -2.42. The molecule has 21 heavy (non-hydrogen) atoms. The number of piperidine rings is 1. The molecule has 0 amide bonds. The van der Waals surface area contributed by atoms with Crippen LogP contribution in [0.4, 0.5) is 0 Å². The van der Waals surface area contributed by atoms with Gasteiger partial charge in [0.2, 0.25) is 10.0 Å². The van der Waals surface area contributed by atoms with E-state index in [4.69, 9.17) is 5.11 Å². The molecule has 1 saturated heterocycles. The number of hydrogen-bond acceptors (Lipinski definition) is 4. The number of carboxylic acid groups (broad SMARTS) is 1. The molecule has 1 aromatic carbocycles. The zero-order valence-corrected chi connectivity index (χ0v) is 12.9. The van der Waals surface area contributed by atoms with Crippen molar-refractivity contribution in [2.45, 2.75) is 37.7 Å². The van der Waals surface area contributed by atoms with Gasteiger partial charge in [0.05, 0.1) is 16.6 Å². The van der Waals surface area contributed by atoms with Crippen molar-refractivity contribution in [3.8, 4) is 0 Å². The second-order valence-electron chi connectivity index (χ2n) is 5.40. The molecule has 1 aliphatic heterocycles. The van der Waals surface area contributed by atoms with Gasteiger partial charge in [-0.25, -0.2) is 13.2 Å². The van der Waals surface area contributed by atoms with Gasteiger partial charge in [0, 0.05) is 13.1 Å². The lowest BCUT2D eigenvalue weighted by Gasteiger charge is -2.29. The second-order valence-corrected chi connectivity index (χ2v) is 7.30. The molecule has 116 valence electrons. The van der Waals surface area contributed by atoms with Crippen molar-refractivity contribution in [3.05, 3.63) is 28.8 Å². The minimum absolute atomic E-state index is 0.000370. The van der Waals surface area contributed by atoms with Crippen LogP contribution in [-0.2, 0) is 10.0 Å². The van der Waals surface area contributed by atoms with E-state index in [1.54, 1.807) is 19.9 Å². The predicted molar refractivity (Wildman–Crippen MR) is 76.9 cm³/mol. The van der Waals surface area contributed by atoms with Crippen LogP contribution in [0.3, 0.4) is 0 Å². The molecule has 1 atom stereocenters. The van der Waals surface area contributed by atoms with Crippen molar-refractivity contribution in [2.24, 2.45) is 0 Å². The number of rotatable bonds is 3. The van der Waals surface area contributed by atoms with E-state index in [1.807, 2.05) is 0 Å². The summed E-state index contributed by atoms with van der Waals surface area (Å²) >= 11 is 0. The van der Waals surface area contributed by atoms with Gasteiger partial charge in [-0.3, -0.25) is 0 Å². The Balaban J connectivity index is 2.49. The molecule has 0 bridgehead atoms. The first-order valence-electron chi connectivity index (χ1n) is 6.76. The van der Waals surface area contributed by atoms with Crippen molar-refractivity contribution in [1.82, 2.24) is 4.31 Å². The number of hydrogen-bond donors (Lipinski definition) is 2. The van der Waals surface area contributed by atoms with E-state index in [2.05, 4.69) is 0 Å². The van der Waals surface area contributed by atoms with Crippen LogP contribution >= 0.6 is 0 Å². The van der Waals surface area contributed by atoms with Gasteiger partial charge in [0.25, 0.3) is 0 Å². The van der Waals surface area contributed by atoms with E-state index in [0.29, 0.717) is 30.5 Å². The fourth-order valence-corrected chi connectivity index (χ4v) is 4.37. The number of carboxylic acids is 1. The quantitative estimate of drug-likeness (QED) is 0.873. The first-order valence-corrected chi connectivity index (χ1v) is 8.20. The number of benzene rings is 1. The molecule has 0 aliphatic carbocycles. The number of aromatic carboxylic acids is 1. The van der Waals surface area contributed by atoms with Gasteiger partial charge < -0.3 is 10.2 Å². The maximum Gasteiger partial charge on any atom is 0.335 e. The van der Waals surface area contributed by atoms with E-state index in [0.717, 1.165) is 0 Å². The van der Waals surface area contributed by atoms with E-state index in [9.17, 15) is 18.3 Å². The Morgan fingerprint density at radius 3 is 2.52 bits per heavy atom. The van der Waals surface area contributed by atoms with Crippen LogP contribution in [0.1, 0.15) is 34.3 Å². The summed E-state index contributed by atoms with van der Waals surface area (Å²) in [7, 11) is -3.79. The molecule has 0 aromatic heterocycles. The summed E-state index contributed by atoms with van der Waals surface area (Å²) in [5, 5.41) is 18.8. The fraction of sp³-hybridized carbons (Fsp3) is 0.500. The third kappa shape index (κ3) is 3.09. The monoisotopic (exact) mass is 313 g/mol. The van der Waals surface area contributed by atoms with E-state index in [1.165, 1.54) is 10.4 Å². The number of sulfonamides is 1.